The molecule has 22 heavy (non-hydrogen) atoms. The van der Waals surface area contributed by atoms with E-state index in [1.54, 1.807) is 36.1 Å². The van der Waals surface area contributed by atoms with Gasteiger partial charge in [0.05, 0.1) is 11.9 Å². The minimum atomic E-state index is -3.54. The van der Waals surface area contributed by atoms with Crippen LogP contribution < -0.4 is 4.31 Å². The molecule has 0 aromatic heterocycles. The van der Waals surface area contributed by atoms with Gasteiger partial charge in [0.25, 0.3) is 0 Å². The van der Waals surface area contributed by atoms with Gasteiger partial charge in [0, 0.05) is 26.2 Å². The number of carbonyl (C=O) groups excluding carboxylic acids is 1. The lowest BCUT2D eigenvalue weighted by molar-refractivity contribution is -0.133. The largest absolute Gasteiger partial charge is 0.338 e. The van der Waals surface area contributed by atoms with E-state index in [1.165, 1.54) is 4.31 Å². The first-order valence-corrected chi connectivity index (χ1v) is 9.17. The van der Waals surface area contributed by atoms with Crippen molar-refractivity contribution in [2.75, 3.05) is 43.8 Å². The van der Waals surface area contributed by atoms with Gasteiger partial charge in [0.1, 0.15) is 6.04 Å². The molecule has 0 aliphatic carbocycles. The molecule has 1 heterocycles. The zero-order valence-electron chi connectivity index (χ0n) is 13.3. The van der Waals surface area contributed by atoms with E-state index < -0.39 is 16.1 Å². The van der Waals surface area contributed by atoms with Gasteiger partial charge in [-0.25, -0.2) is 8.42 Å². The first kappa shape index (κ1) is 16.8. The highest BCUT2D eigenvalue weighted by molar-refractivity contribution is 7.92. The second kappa shape index (κ2) is 6.66. The fourth-order valence-corrected chi connectivity index (χ4v) is 3.84. The Hall–Kier alpha value is -1.60. The molecule has 1 amide bonds. The molecule has 1 aromatic carbocycles. The smallest absolute Gasteiger partial charge is 0.246 e. The summed E-state index contributed by atoms with van der Waals surface area (Å²) in [5.74, 6) is -0.151. The Morgan fingerprint density at radius 2 is 1.68 bits per heavy atom. The Labute approximate surface area is 132 Å². The summed E-state index contributed by atoms with van der Waals surface area (Å²) in [6.45, 7) is 4.53. The predicted molar refractivity (Wildman–Crippen MR) is 87.3 cm³/mol. The minimum Gasteiger partial charge on any atom is -0.338 e. The van der Waals surface area contributed by atoms with Crippen LogP contribution in [0.1, 0.15) is 6.92 Å². The molecule has 1 fully saturated rings. The number of hydrogen-bond donors (Lipinski definition) is 0. The lowest BCUT2D eigenvalue weighted by Gasteiger charge is -2.36. The number of sulfonamides is 1. The Morgan fingerprint density at radius 3 is 2.18 bits per heavy atom. The minimum absolute atomic E-state index is 0.151. The fourth-order valence-electron chi connectivity index (χ4n) is 2.67. The molecular weight excluding hydrogens is 302 g/mol. The van der Waals surface area contributed by atoms with Gasteiger partial charge in [-0.2, -0.15) is 0 Å². The third-order valence-corrected chi connectivity index (χ3v) is 5.13. The first-order chi connectivity index (χ1) is 10.3. The number of likely N-dealkylation sites (N-methyl/N-ethyl adjacent to an activating group) is 1. The molecule has 1 aromatic rings. The van der Waals surface area contributed by atoms with Gasteiger partial charge >= 0.3 is 0 Å². The maximum atomic E-state index is 12.7. The highest BCUT2D eigenvalue weighted by atomic mass is 32.2. The predicted octanol–water partition coefficient (Wildman–Crippen LogP) is 0.615. The number of nitrogens with zero attached hydrogens (tertiary/aromatic N) is 3. The molecule has 1 saturated heterocycles. The number of para-hydroxylation sites is 1. The summed E-state index contributed by atoms with van der Waals surface area (Å²) >= 11 is 0. The third-order valence-electron chi connectivity index (χ3n) is 3.89. The second-order valence-corrected chi connectivity index (χ2v) is 7.56. The summed E-state index contributed by atoms with van der Waals surface area (Å²) in [7, 11) is -1.52. The molecule has 7 heteroatoms. The van der Waals surface area contributed by atoms with E-state index in [0.29, 0.717) is 18.8 Å². The Balaban J connectivity index is 2.23. The van der Waals surface area contributed by atoms with Crippen LogP contribution >= 0.6 is 0 Å². The van der Waals surface area contributed by atoms with E-state index >= 15 is 0 Å². The average molecular weight is 325 g/mol. The number of benzene rings is 1. The lowest BCUT2D eigenvalue weighted by atomic mass is 10.2. The summed E-state index contributed by atoms with van der Waals surface area (Å²) in [6, 6.07) is 8.00. The van der Waals surface area contributed by atoms with Crippen molar-refractivity contribution in [1.29, 1.82) is 0 Å². The number of anilines is 1. The number of piperazine rings is 1. The molecule has 122 valence electrons. The monoisotopic (exact) mass is 325 g/mol. The van der Waals surface area contributed by atoms with Crippen LogP contribution in [-0.2, 0) is 14.8 Å². The molecule has 0 bridgehead atoms. The number of rotatable bonds is 4. The topological polar surface area (TPSA) is 60.9 Å². The van der Waals surface area contributed by atoms with E-state index in [-0.39, 0.29) is 5.91 Å². The summed E-state index contributed by atoms with van der Waals surface area (Å²) in [4.78, 5) is 16.6. The maximum Gasteiger partial charge on any atom is 0.246 e. The summed E-state index contributed by atoms with van der Waals surface area (Å²) in [5.41, 5.74) is 0.514. The van der Waals surface area contributed by atoms with Gasteiger partial charge < -0.3 is 9.80 Å². The highest BCUT2D eigenvalue weighted by Crippen LogP contribution is 2.21. The lowest BCUT2D eigenvalue weighted by Crippen LogP contribution is -2.54. The van der Waals surface area contributed by atoms with Gasteiger partial charge in [-0.05, 0) is 26.1 Å². The summed E-state index contributed by atoms with van der Waals surface area (Å²) in [5, 5.41) is 0. The SMILES string of the molecule is CC(C(=O)N1CCN(C)CC1)N(c1ccccc1)S(C)(=O)=O. The molecule has 1 aliphatic rings. The van der Waals surface area contributed by atoms with Crippen LogP contribution in [0.4, 0.5) is 5.69 Å². The summed E-state index contributed by atoms with van der Waals surface area (Å²) in [6.07, 6.45) is 1.13. The van der Waals surface area contributed by atoms with E-state index in [2.05, 4.69) is 4.90 Å². The molecule has 6 nitrogen and oxygen atoms in total. The van der Waals surface area contributed by atoms with Crippen molar-refractivity contribution in [2.45, 2.75) is 13.0 Å². The third kappa shape index (κ3) is 3.78. The van der Waals surface area contributed by atoms with Gasteiger partial charge in [0.15, 0.2) is 0 Å². The standard InChI is InChI=1S/C15H23N3O3S/c1-13(15(19)17-11-9-16(2)10-12-17)18(22(3,20)21)14-7-5-4-6-8-14/h4-8,13H,9-12H2,1-3H3. The fraction of sp³-hybridized carbons (Fsp3) is 0.533. The number of amides is 1. The van der Waals surface area contributed by atoms with Crippen molar-refractivity contribution in [1.82, 2.24) is 9.80 Å². The van der Waals surface area contributed by atoms with Crippen molar-refractivity contribution >= 4 is 21.6 Å². The van der Waals surface area contributed by atoms with Crippen molar-refractivity contribution in [2.24, 2.45) is 0 Å². The highest BCUT2D eigenvalue weighted by Gasteiger charge is 2.32. The van der Waals surface area contributed by atoms with Gasteiger partial charge in [-0.3, -0.25) is 9.10 Å². The van der Waals surface area contributed by atoms with Crippen LogP contribution in [0.25, 0.3) is 0 Å². The summed E-state index contributed by atoms with van der Waals surface area (Å²) < 4.78 is 25.5. The van der Waals surface area contributed by atoms with Crippen LogP contribution in [0.3, 0.4) is 0 Å². The number of hydrogen-bond acceptors (Lipinski definition) is 4. The number of carbonyl (C=O) groups is 1. The van der Waals surface area contributed by atoms with Crippen molar-refractivity contribution < 1.29 is 13.2 Å². The molecule has 1 unspecified atom stereocenters. The van der Waals surface area contributed by atoms with Crippen LogP contribution in [0, 0.1) is 0 Å². The maximum absolute atomic E-state index is 12.7. The zero-order valence-corrected chi connectivity index (χ0v) is 14.1. The van der Waals surface area contributed by atoms with Gasteiger partial charge in [0.2, 0.25) is 15.9 Å². The Kier molecular flexibility index (Phi) is 5.08. The molecule has 0 radical (unpaired) electrons. The van der Waals surface area contributed by atoms with Crippen molar-refractivity contribution in [3.8, 4) is 0 Å². The molecule has 0 saturated carbocycles. The normalized spacial score (nSPS) is 18.0. The molecule has 0 spiro atoms. The molecule has 1 aliphatic heterocycles. The van der Waals surface area contributed by atoms with E-state index in [1.807, 2.05) is 13.1 Å². The average Bonchev–Trinajstić information content (AvgIpc) is 2.47. The Bertz CT molecular complexity index is 610. The van der Waals surface area contributed by atoms with Crippen molar-refractivity contribution in [3.63, 3.8) is 0 Å². The second-order valence-electron chi connectivity index (χ2n) is 5.70. The van der Waals surface area contributed by atoms with Crippen LogP contribution in [-0.4, -0.2) is 69.6 Å². The van der Waals surface area contributed by atoms with E-state index in [4.69, 9.17) is 0 Å². The van der Waals surface area contributed by atoms with Gasteiger partial charge in [-0.15, -0.1) is 0 Å². The van der Waals surface area contributed by atoms with Crippen LogP contribution in [0.2, 0.25) is 0 Å². The van der Waals surface area contributed by atoms with Gasteiger partial charge in [-0.1, -0.05) is 18.2 Å². The Morgan fingerprint density at radius 1 is 1.14 bits per heavy atom. The quantitative estimate of drug-likeness (QED) is 0.814. The van der Waals surface area contributed by atoms with Crippen LogP contribution in [0.15, 0.2) is 30.3 Å². The molecule has 1 atom stereocenters. The molecule has 0 N–H and O–H groups in total. The van der Waals surface area contributed by atoms with E-state index in [0.717, 1.165) is 19.3 Å². The molecular formula is C15H23N3O3S. The van der Waals surface area contributed by atoms with Crippen LogP contribution in [0.5, 0.6) is 0 Å². The van der Waals surface area contributed by atoms with E-state index in [9.17, 15) is 13.2 Å². The first-order valence-electron chi connectivity index (χ1n) is 7.32. The van der Waals surface area contributed by atoms with Crippen molar-refractivity contribution in [3.05, 3.63) is 30.3 Å². The molecule has 2 rings (SSSR count). The zero-order chi connectivity index (χ0) is 16.3.